The standard InChI is InChI=1S/C60H37N5/c1-5-17-38(18-6-1)61(39-19-7-2-8-20-39)42-31-34-50-48(37-42)56-51(62(50)40-21-9-3-10-22-40)35-36-52-55(56)47-27-16-30-54-58(47)64(52)53-29-15-26-44-46-33-32-45-43-25-13-14-28-49(43)63(41-23-11-4-12-24-41)59(45)60(46)65(54)57(44)53/h1-37H. The van der Waals surface area contributed by atoms with Gasteiger partial charge in [-0.2, -0.15) is 0 Å². The average molecular weight is 828 g/mol. The molecule has 5 heterocycles. The summed E-state index contributed by atoms with van der Waals surface area (Å²) in [4.78, 5) is 2.37. The molecule has 0 fully saturated rings. The Hall–Kier alpha value is -8.80. The molecule has 0 radical (unpaired) electrons. The van der Waals surface area contributed by atoms with Crippen LogP contribution in [0, 0.1) is 0 Å². The van der Waals surface area contributed by atoms with Gasteiger partial charge in [-0.05, 0) is 97.1 Å². The van der Waals surface area contributed by atoms with Crippen molar-refractivity contribution in [2.24, 2.45) is 0 Å². The summed E-state index contributed by atoms with van der Waals surface area (Å²) in [7, 11) is 0. The van der Waals surface area contributed by atoms with Crippen LogP contribution in [0.2, 0.25) is 0 Å². The maximum atomic E-state index is 2.59. The van der Waals surface area contributed by atoms with Gasteiger partial charge in [-0.15, -0.1) is 0 Å². The Kier molecular flexibility index (Phi) is 6.89. The minimum Gasteiger partial charge on any atom is -0.310 e. The topological polar surface area (TPSA) is 21.9 Å². The Labute approximate surface area is 372 Å². The molecular weight excluding hydrogens is 791 g/mol. The summed E-state index contributed by atoms with van der Waals surface area (Å²) < 4.78 is 10.1. The van der Waals surface area contributed by atoms with Crippen LogP contribution in [-0.2, 0) is 0 Å². The number of aromatic nitrogens is 4. The van der Waals surface area contributed by atoms with Crippen molar-refractivity contribution in [1.29, 1.82) is 0 Å². The Morgan fingerprint density at radius 3 is 1.43 bits per heavy atom. The monoisotopic (exact) mass is 827 g/mol. The lowest BCUT2D eigenvalue weighted by atomic mass is 10.0. The second-order valence-electron chi connectivity index (χ2n) is 17.3. The van der Waals surface area contributed by atoms with Crippen molar-refractivity contribution in [3.8, 4) is 11.4 Å². The molecule has 15 rings (SSSR count). The van der Waals surface area contributed by atoms with Crippen molar-refractivity contribution in [2.75, 3.05) is 4.90 Å². The smallest absolute Gasteiger partial charge is 0.0790 e. The third kappa shape index (κ3) is 4.55. The first-order valence-electron chi connectivity index (χ1n) is 22.4. The predicted octanol–water partition coefficient (Wildman–Crippen LogP) is 15.9. The van der Waals surface area contributed by atoms with Crippen LogP contribution in [0.5, 0.6) is 0 Å². The second kappa shape index (κ2) is 12.9. The van der Waals surface area contributed by atoms with Crippen LogP contribution >= 0.6 is 0 Å². The van der Waals surface area contributed by atoms with E-state index in [1.807, 2.05) is 0 Å². The summed E-state index contributed by atoms with van der Waals surface area (Å²) in [5.74, 6) is 0. The van der Waals surface area contributed by atoms with Gasteiger partial charge in [0, 0.05) is 71.5 Å². The zero-order valence-electron chi connectivity index (χ0n) is 35.1. The minimum absolute atomic E-state index is 1.11. The number of para-hydroxylation sites is 7. The first kappa shape index (κ1) is 34.7. The molecule has 0 saturated heterocycles. The zero-order chi connectivity index (χ0) is 42.3. The van der Waals surface area contributed by atoms with E-state index in [0.717, 1.165) is 28.4 Å². The van der Waals surface area contributed by atoms with E-state index in [4.69, 9.17) is 0 Å². The Morgan fingerprint density at radius 1 is 0.246 bits per heavy atom. The molecule has 0 aliphatic carbocycles. The third-order valence-corrected chi connectivity index (χ3v) is 14.0. The highest BCUT2D eigenvalue weighted by Gasteiger charge is 2.27. The summed E-state index contributed by atoms with van der Waals surface area (Å²) in [6, 6.07) is 82.2. The molecule has 0 N–H and O–H groups in total. The molecule has 302 valence electrons. The van der Waals surface area contributed by atoms with Crippen molar-refractivity contribution < 1.29 is 0 Å². The van der Waals surface area contributed by atoms with Gasteiger partial charge in [-0.25, -0.2) is 0 Å². The lowest BCUT2D eigenvalue weighted by molar-refractivity contribution is 1.18. The molecule has 65 heavy (non-hydrogen) atoms. The zero-order valence-corrected chi connectivity index (χ0v) is 35.1. The van der Waals surface area contributed by atoms with E-state index >= 15 is 0 Å². The number of benzene rings is 10. The van der Waals surface area contributed by atoms with Crippen molar-refractivity contribution in [3.63, 3.8) is 0 Å². The van der Waals surface area contributed by atoms with Gasteiger partial charge in [-0.1, -0.05) is 127 Å². The first-order chi connectivity index (χ1) is 32.3. The molecule has 0 unspecified atom stereocenters. The van der Waals surface area contributed by atoms with Gasteiger partial charge in [0.05, 0.1) is 55.2 Å². The van der Waals surface area contributed by atoms with E-state index in [0.29, 0.717) is 0 Å². The van der Waals surface area contributed by atoms with Crippen molar-refractivity contribution in [1.82, 2.24) is 17.9 Å². The maximum absolute atomic E-state index is 2.59. The lowest BCUT2D eigenvalue weighted by Crippen LogP contribution is -2.09. The molecule has 10 aromatic carbocycles. The molecule has 5 heteroatoms. The van der Waals surface area contributed by atoms with Gasteiger partial charge in [0.25, 0.3) is 0 Å². The predicted molar refractivity (Wildman–Crippen MR) is 273 cm³/mol. The van der Waals surface area contributed by atoms with Gasteiger partial charge in [-0.3, -0.25) is 0 Å². The minimum atomic E-state index is 1.11. The van der Waals surface area contributed by atoms with Crippen molar-refractivity contribution in [3.05, 3.63) is 224 Å². The molecule has 5 nitrogen and oxygen atoms in total. The quantitative estimate of drug-likeness (QED) is 0.158. The SMILES string of the molecule is c1ccc(N(c2ccccc2)c2ccc3c(c2)c2c4c5cccc6c5n(c4ccc2n3-c2ccccc2)c2cccc3c4ccc5c7ccccc7n(-c7ccccc7)c5c4n6c32)cc1. The molecule has 15 aromatic rings. The first-order valence-corrected chi connectivity index (χ1v) is 22.4. The van der Waals surface area contributed by atoms with E-state index in [-0.39, 0.29) is 0 Å². The average Bonchev–Trinajstić information content (AvgIpc) is 4.10. The number of anilines is 3. The van der Waals surface area contributed by atoms with Crippen LogP contribution < -0.4 is 4.90 Å². The number of hydrogen-bond acceptors (Lipinski definition) is 1. The summed E-state index contributed by atoms with van der Waals surface area (Å²) in [6.45, 7) is 0. The normalized spacial score (nSPS) is 12.3. The molecular formula is C60H37N5. The van der Waals surface area contributed by atoms with Crippen LogP contribution in [-0.4, -0.2) is 17.9 Å². The van der Waals surface area contributed by atoms with Crippen LogP contribution in [0.1, 0.15) is 0 Å². The Balaban J connectivity index is 1.13. The van der Waals surface area contributed by atoms with Crippen LogP contribution in [0.15, 0.2) is 224 Å². The highest BCUT2D eigenvalue weighted by atomic mass is 15.1. The van der Waals surface area contributed by atoms with Crippen molar-refractivity contribution >= 4 is 115 Å². The van der Waals surface area contributed by atoms with Gasteiger partial charge in [0.1, 0.15) is 0 Å². The number of fused-ring (bicyclic) bond motifs is 16. The van der Waals surface area contributed by atoms with E-state index in [9.17, 15) is 0 Å². The number of hydrogen-bond donors (Lipinski definition) is 0. The van der Waals surface area contributed by atoms with E-state index in [1.165, 1.54) is 98.3 Å². The lowest BCUT2D eigenvalue weighted by Gasteiger charge is -2.25. The fourth-order valence-corrected chi connectivity index (χ4v) is 11.5. The van der Waals surface area contributed by atoms with Gasteiger partial charge in [0.15, 0.2) is 0 Å². The van der Waals surface area contributed by atoms with Gasteiger partial charge < -0.3 is 22.8 Å². The van der Waals surface area contributed by atoms with Gasteiger partial charge in [0.2, 0.25) is 0 Å². The van der Waals surface area contributed by atoms with Crippen molar-refractivity contribution in [2.45, 2.75) is 0 Å². The molecule has 0 atom stereocenters. The van der Waals surface area contributed by atoms with Crippen LogP contribution in [0.3, 0.4) is 0 Å². The van der Waals surface area contributed by atoms with E-state index in [2.05, 4.69) is 247 Å². The molecule has 0 bridgehead atoms. The molecule has 0 aliphatic rings. The molecule has 0 saturated carbocycles. The fourth-order valence-electron chi connectivity index (χ4n) is 11.5. The van der Waals surface area contributed by atoms with E-state index in [1.54, 1.807) is 0 Å². The maximum Gasteiger partial charge on any atom is 0.0790 e. The molecule has 0 aliphatic heterocycles. The number of nitrogens with zero attached hydrogens (tertiary/aromatic N) is 5. The highest BCUT2D eigenvalue weighted by Crippen LogP contribution is 2.48. The molecule has 0 spiro atoms. The summed E-state index contributed by atoms with van der Waals surface area (Å²) >= 11 is 0. The van der Waals surface area contributed by atoms with Crippen LogP contribution in [0.25, 0.3) is 110 Å². The summed E-state index contributed by atoms with van der Waals surface area (Å²) in [6.07, 6.45) is 0. The summed E-state index contributed by atoms with van der Waals surface area (Å²) in [5, 5.41) is 9.98. The fraction of sp³-hybridized carbons (Fsp3) is 0. The van der Waals surface area contributed by atoms with Gasteiger partial charge >= 0.3 is 0 Å². The van der Waals surface area contributed by atoms with Crippen LogP contribution in [0.4, 0.5) is 17.1 Å². The molecule has 0 amide bonds. The van der Waals surface area contributed by atoms with E-state index < -0.39 is 0 Å². The number of rotatable bonds is 5. The Bertz CT molecular complexity index is 4340. The highest BCUT2D eigenvalue weighted by molar-refractivity contribution is 6.33. The molecule has 5 aromatic heterocycles. The largest absolute Gasteiger partial charge is 0.310 e. The summed E-state index contributed by atoms with van der Waals surface area (Å²) in [5.41, 5.74) is 17.7. The Morgan fingerprint density at radius 2 is 0.723 bits per heavy atom. The second-order valence-corrected chi connectivity index (χ2v) is 17.3. The third-order valence-electron chi connectivity index (χ3n) is 14.0.